The summed E-state index contributed by atoms with van der Waals surface area (Å²) in [7, 11) is 0. The van der Waals surface area contributed by atoms with Crippen molar-refractivity contribution in [3.05, 3.63) is 84.4 Å². The number of benzene rings is 2. The molecule has 0 aliphatic heterocycles. The molecule has 4 aromatic rings. The Morgan fingerprint density at radius 3 is 2.56 bits per heavy atom. The van der Waals surface area contributed by atoms with Gasteiger partial charge in [-0.15, -0.1) is 11.3 Å². The Bertz CT molecular complexity index is 976. The highest BCUT2D eigenvalue weighted by Gasteiger charge is 2.12. The Balaban J connectivity index is 1.48. The molecule has 0 aliphatic rings. The molecular weight excluding hydrogens is 332 g/mol. The van der Waals surface area contributed by atoms with E-state index in [1.54, 1.807) is 17.9 Å². The molecule has 2 heterocycles. The quantitative estimate of drug-likeness (QED) is 0.601. The van der Waals surface area contributed by atoms with Gasteiger partial charge in [0.05, 0.1) is 6.33 Å². The van der Waals surface area contributed by atoms with Gasteiger partial charge in [0.1, 0.15) is 10.7 Å². The van der Waals surface area contributed by atoms with Gasteiger partial charge in [0.2, 0.25) is 0 Å². The van der Waals surface area contributed by atoms with Crippen LogP contribution in [0.4, 0.5) is 5.69 Å². The van der Waals surface area contributed by atoms with Gasteiger partial charge >= 0.3 is 0 Å². The number of carbonyl (C=O) groups excluding carboxylic acids is 1. The van der Waals surface area contributed by atoms with Crippen molar-refractivity contribution in [2.45, 2.75) is 0 Å². The van der Waals surface area contributed by atoms with E-state index in [-0.39, 0.29) is 5.91 Å². The van der Waals surface area contributed by atoms with E-state index in [0.29, 0.717) is 5.69 Å². The Morgan fingerprint density at radius 1 is 1.04 bits per heavy atom. The van der Waals surface area contributed by atoms with Crippen LogP contribution in [0.2, 0.25) is 0 Å². The van der Waals surface area contributed by atoms with Crippen molar-refractivity contribution in [1.82, 2.24) is 14.5 Å². The first kappa shape index (κ1) is 15.3. The molecule has 25 heavy (non-hydrogen) atoms. The van der Waals surface area contributed by atoms with Crippen LogP contribution in [0.3, 0.4) is 0 Å². The summed E-state index contributed by atoms with van der Waals surface area (Å²) in [5.74, 6) is -0.214. The standard InChI is InChI=1S/C19H14N4OS/c24-18(17-12-25-19(22-17)14-4-2-1-3-5-14)21-15-6-8-16(9-7-15)23-11-10-20-13-23/h1-13H,(H,21,24). The number of aromatic nitrogens is 3. The first-order valence-electron chi connectivity index (χ1n) is 7.70. The Kier molecular flexibility index (Phi) is 4.10. The molecule has 0 atom stereocenters. The van der Waals surface area contributed by atoms with Crippen molar-refractivity contribution in [2.24, 2.45) is 0 Å². The minimum absolute atomic E-state index is 0.214. The van der Waals surface area contributed by atoms with Crippen LogP contribution in [0, 0.1) is 0 Å². The summed E-state index contributed by atoms with van der Waals surface area (Å²) in [6.07, 6.45) is 5.32. The number of amides is 1. The monoisotopic (exact) mass is 346 g/mol. The normalized spacial score (nSPS) is 10.6. The molecule has 0 saturated carbocycles. The number of nitrogens with one attached hydrogen (secondary N) is 1. The highest BCUT2D eigenvalue weighted by molar-refractivity contribution is 7.13. The van der Waals surface area contributed by atoms with Gasteiger partial charge in [-0.25, -0.2) is 9.97 Å². The lowest BCUT2D eigenvalue weighted by Gasteiger charge is -2.06. The van der Waals surface area contributed by atoms with Gasteiger partial charge in [-0.3, -0.25) is 4.79 Å². The molecule has 5 nitrogen and oxygen atoms in total. The third kappa shape index (κ3) is 3.34. The van der Waals surface area contributed by atoms with Crippen molar-refractivity contribution < 1.29 is 4.79 Å². The fraction of sp³-hybridized carbons (Fsp3) is 0. The zero-order chi connectivity index (χ0) is 17.1. The van der Waals surface area contributed by atoms with E-state index in [0.717, 1.165) is 21.9 Å². The van der Waals surface area contributed by atoms with E-state index in [1.165, 1.54) is 11.3 Å². The number of anilines is 1. The highest BCUT2D eigenvalue weighted by Crippen LogP contribution is 2.24. The number of imidazole rings is 1. The molecule has 0 spiro atoms. The SMILES string of the molecule is O=C(Nc1ccc(-n2ccnc2)cc1)c1csc(-c2ccccc2)n1. The van der Waals surface area contributed by atoms with Crippen molar-refractivity contribution >= 4 is 22.9 Å². The van der Waals surface area contributed by atoms with Gasteiger partial charge in [0, 0.05) is 34.7 Å². The Morgan fingerprint density at radius 2 is 1.84 bits per heavy atom. The van der Waals surface area contributed by atoms with Crippen LogP contribution in [0.25, 0.3) is 16.3 Å². The van der Waals surface area contributed by atoms with Crippen molar-refractivity contribution in [3.8, 4) is 16.3 Å². The minimum Gasteiger partial charge on any atom is -0.321 e. The third-order valence-electron chi connectivity index (χ3n) is 3.69. The summed E-state index contributed by atoms with van der Waals surface area (Å²) in [5.41, 5.74) is 3.14. The van der Waals surface area contributed by atoms with Crippen molar-refractivity contribution in [2.75, 3.05) is 5.32 Å². The van der Waals surface area contributed by atoms with E-state index in [9.17, 15) is 4.79 Å². The zero-order valence-electron chi connectivity index (χ0n) is 13.2. The fourth-order valence-electron chi connectivity index (χ4n) is 2.42. The maximum atomic E-state index is 12.4. The van der Waals surface area contributed by atoms with Crippen LogP contribution < -0.4 is 5.32 Å². The fourth-order valence-corrected chi connectivity index (χ4v) is 3.22. The Labute approximate surface area is 148 Å². The predicted octanol–water partition coefficient (Wildman–Crippen LogP) is 4.25. The topological polar surface area (TPSA) is 59.8 Å². The molecule has 6 heteroatoms. The average molecular weight is 346 g/mol. The van der Waals surface area contributed by atoms with Gasteiger partial charge in [0.25, 0.3) is 5.91 Å². The van der Waals surface area contributed by atoms with Crippen LogP contribution in [0.15, 0.2) is 78.7 Å². The lowest BCUT2D eigenvalue weighted by molar-refractivity contribution is 0.102. The van der Waals surface area contributed by atoms with E-state index >= 15 is 0 Å². The van der Waals surface area contributed by atoms with Gasteiger partial charge < -0.3 is 9.88 Å². The number of nitrogens with zero attached hydrogens (tertiary/aromatic N) is 3. The van der Waals surface area contributed by atoms with E-state index in [2.05, 4.69) is 15.3 Å². The summed E-state index contributed by atoms with van der Waals surface area (Å²) in [4.78, 5) is 20.8. The van der Waals surface area contributed by atoms with E-state index in [4.69, 9.17) is 0 Å². The van der Waals surface area contributed by atoms with E-state index in [1.807, 2.05) is 65.4 Å². The average Bonchev–Trinajstić information content (AvgIpc) is 3.35. The minimum atomic E-state index is -0.214. The molecule has 0 saturated heterocycles. The number of hydrogen-bond acceptors (Lipinski definition) is 4. The summed E-state index contributed by atoms with van der Waals surface area (Å²) in [5, 5.41) is 5.49. The van der Waals surface area contributed by atoms with Crippen LogP contribution in [0.1, 0.15) is 10.5 Å². The molecule has 1 N–H and O–H groups in total. The second-order valence-corrected chi connectivity index (χ2v) is 6.23. The molecule has 122 valence electrons. The summed E-state index contributed by atoms with van der Waals surface area (Å²) in [6.45, 7) is 0. The maximum Gasteiger partial charge on any atom is 0.275 e. The summed E-state index contributed by atoms with van der Waals surface area (Å²) >= 11 is 1.46. The smallest absolute Gasteiger partial charge is 0.275 e. The number of thiazole rings is 1. The first-order chi connectivity index (χ1) is 12.3. The number of carbonyl (C=O) groups is 1. The molecule has 0 unspecified atom stereocenters. The van der Waals surface area contributed by atoms with E-state index < -0.39 is 0 Å². The molecule has 0 fully saturated rings. The van der Waals surface area contributed by atoms with Crippen LogP contribution >= 0.6 is 11.3 Å². The molecular formula is C19H14N4OS. The second kappa shape index (κ2) is 6.70. The number of rotatable bonds is 4. The lowest BCUT2D eigenvalue weighted by atomic mass is 10.2. The molecule has 0 bridgehead atoms. The van der Waals surface area contributed by atoms with Gasteiger partial charge in [-0.05, 0) is 24.3 Å². The van der Waals surface area contributed by atoms with Gasteiger partial charge in [0.15, 0.2) is 0 Å². The molecule has 4 rings (SSSR count). The maximum absolute atomic E-state index is 12.4. The first-order valence-corrected chi connectivity index (χ1v) is 8.58. The summed E-state index contributed by atoms with van der Waals surface area (Å²) in [6, 6.07) is 17.4. The van der Waals surface area contributed by atoms with Crippen molar-refractivity contribution in [1.29, 1.82) is 0 Å². The van der Waals surface area contributed by atoms with Crippen molar-refractivity contribution in [3.63, 3.8) is 0 Å². The Hall–Kier alpha value is -3.25. The second-order valence-electron chi connectivity index (χ2n) is 5.37. The predicted molar refractivity (Wildman–Crippen MR) is 99.1 cm³/mol. The molecule has 2 aromatic carbocycles. The number of hydrogen-bond donors (Lipinski definition) is 1. The highest BCUT2D eigenvalue weighted by atomic mass is 32.1. The lowest BCUT2D eigenvalue weighted by Crippen LogP contribution is -2.12. The molecule has 0 aliphatic carbocycles. The van der Waals surface area contributed by atoms with Gasteiger partial charge in [-0.1, -0.05) is 30.3 Å². The van der Waals surface area contributed by atoms with Gasteiger partial charge in [-0.2, -0.15) is 0 Å². The van der Waals surface area contributed by atoms with Crippen LogP contribution in [-0.4, -0.2) is 20.4 Å². The van der Waals surface area contributed by atoms with Crippen LogP contribution in [0.5, 0.6) is 0 Å². The molecule has 0 radical (unpaired) electrons. The third-order valence-corrected chi connectivity index (χ3v) is 4.58. The zero-order valence-corrected chi connectivity index (χ0v) is 14.0. The largest absolute Gasteiger partial charge is 0.321 e. The summed E-state index contributed by atoms with van der Waals surface area (Å²) < 4.78 is 1.90. The molecule has 1 amide bonds. The molecule has 2 aromatic heterocycles. The van der Waals surface area contributed by atoms with Crippen LogP contribution in [-0.2, 0) is 0 Å².